The van der Waals surface area contributed by atoms with Crippen LogP contribution in [0.4, 0.5) is 4.79 Å². The third-order valence-electron chi connectivity index (χ3n) is 3.53. The minimum absolute atomic E-state index is 0.0514. The van der Waals surface area contributed by atoms with Gasteiger partial charge in [0.25, 0.3) is 10.1 Å². The van der Waals surface area contributed by atoms with Gasteiger partial charge < -0.3 is 19.9 Å². The fourth-order valence-corrected chi connectivity index (χ4v) is 3.00. The van der Waals surface area contributed by atoms with Gasteiger partial charge in [-0.25, -0.2) is 4.79 Å². The van der Waals surface area contributed by atoms with Gasteiger partial charge in [-0.2, -0.15) is 8.42 Å². The van der Waals surface area contributed by atoms with Crippen LogP contribution in [0, 0.1) is 0 Å². The quantitative estimate of drug-likeness (QED) is 0.622. The number of aliphatic hydroxyl groups excluding tert-OH is 1. The second kappa shape index (κ2) is 9.91. The Morgan fingerprint density at radius 1 is 1.11 bits per heavy atom. The number of hydrogen-bond donors (Lipinski definition) is 2. The molecular formula is C18H21NO7S. The topological polar surface area (TPSA) is 111 Å². The molecule has 2 rings (SSSR count). The Morgan fingerprint density at radius 3 is 2.37 bits per heavy atom. The van der Waals surface area contributed by atoms with E-state index in [-0.39, 0.29) is 11.5 Å². The zero-order valence-corrected chi connectivity index (χ0v) is 15.5. The highest BCUT2D eigenvalue weighted by Gasteiger charge is 2.20. The molecule has 0 fully saturated rings. The van der Waals surface area contributed by atoms with E-state index >= 15 is 0 Å². The monoisotopic (exact) mass is 395 g/mol. The van der Waals surface area contributed by atoms with E-state index in [4.69, 9.17) is 13.7 Å². The molecule has 2 aromatic carbocycles. The number of methoxy groups -OCH3 is 1. The standard InChI is InChI=1S/C18H21NO7S/c1-24-16-7-9-17(10-8-16)27(22,23)26-13-15(11-20)19-18(21)25-12-14-5-3-2-4-6-14/h2-10,15,20H,11-13H2,1H3,(H,19,21)/t15-/m1/s1. The smallest absolute Gasteiger partial charge is 0.407 e. The molecular weight excluding hydrogens is 374 g/mol. The van der Waals surface area contributed by atoms with Gasteiger partial charge in [0.15, 0.2) is 0 Å². The van der Waals surface area contributed by atoms with Crippen molar-refractivity contribution in [2.24, 2.45) is 0 Å². The van der Waals surface area contributed by atoms with E-state index in [1.165, 1.54) is 31.4 Å². The van der Waals surface area contributed by atoms with Crippen molar-refractivity contribution in [3.63, 3.8) is 0 Å². The number of benzene rings is 2. The van der Waals surface area contributed by atoms with Crippen molar-refractivity contribution >= 4 is 16.2 Å². The molecule has 2 N–H and O–H groups in total. The van der Waals surface area contributed by atoms with Crippen LogP contribution in [0.25, 0.3) is 0 Å². The average molecular weight is 395 g/mol. The predicted molar refractivity (Wildman–Crippen MR) is 96.8 cm³/mol. The van der Waals surface area contributed by atoms with Gasteiger partial charge in [0, 0.05) is 0 Å². The van der Waals surface area contributed by atoms with Crippen LogP contribution in [-0.2, 0) is 25.6 Å². The number of carbonyl (C=O) groups is 1. The summed E-state index contributed by atoms with van der Waals surface area (Å²) in [5, 5.41) is 11.7. The van der Waals surface area contributed by atoms with E-state index < -0.39 is 35.5 Å². The van der Waals surface area contributed by atoms with Gasteiger partial charge in [-0.1, -0.05) is 30.3 Å². The van der Waals surface area contributed by atoms with E-state index in [0.717, 1.165) is 5.56 Å². The van der Waals surface area contributed by atoms with Crippen molar-refractivity contribution < 1.29 is 32.0 Å². The molecule has 0 unspecified atom stereocenters. The molecule has 0 radical (unpaired) electrons. The first-order valence-corrected chi connectivity index (χ1v) is 9.47. The van der Waals surface area contributed by atoms with E-state index in [1.807, 2.05) is 18.2 Å². The molecule has 146 valence electrons. The van der Waals surface area contributed by atoms with Gasteiger partial charge in [-0.3, -0.25) is 4.18 Å². The van der Waals surface area contributed by atoms with Crippen molar-refractivity contribution in [3.8, 4) is 5.75 Å². The lowest BCUT2D eigenvalue weighted by molar-refractivity contribution is 0.120. The molecule has 1 amide bonds. The Hall–Kier alpha value is -2.62. The summed E-state index contributed by atoms with van der Waals surface area (Å²) in [5.41, 5.74) is 0.798. The lowest BCUT2D eigenvalue weighted by Gasteiger charge is -2.16. The lowest BCUT2D eigenvalue weighted by atomic mass is 10.2. The van der Waals surface area contributed by atoms with Crippen molar-refractivity contribution in [1.29, 1.82) is 0 Å². The third-order valence-corrected chi connectivity index (χ3v) is 4.82. The van der Waals surface area contributed by atoms with Crippen molar-refractivity contribution in [3.05, 3.63) is 60.2 Å². The fraction of sp³-hybridized carbons (Fsp3) is 0.278. The normalized spacial score (nSPS) is 12.2. The van der Waals surface area contributed by atoms with E-state index in [9.17, 15) is 18.3 Å². The van der Waals surface area contributed by atoms with Gasteiger partial charge >= 0.3 is 6.09 Å². The number of hydrogen-bond acceptors (Lipinski definition) is 7. The number of alkyl carbamates (subject to hydrolysis) is 1. The molecule has 0 aliphatic heterocycles. The largest absolute Gasteiger partial charge is 0.497 e. The molecule has 0 aromatic heterocycles. The van der Waals surface area contributed by atoms with Crippen molar-refractivity contribution in [2.75, 3.05) is 20.3 Å². The van der Waals surface area contributed by atoms with Gasteiger partial charge in [0.2, 0.25) is 0 Å². The summed E-state index contributed by atoms with van der Waals surface area (Å²) in [6.07, 6.45) is -0.789. The summed E-state index contributed by atoms with van der Waals surface area (Å²) < 4.78 is 39.2. The highest BCUT2D eigenvalue weighted by molar-refractivity contribution is 7.86. The second-order valence-electron chi connectivity index (χ2n) is 5.50. The van der Waals surface area contributed by atoms with Crippen LogP contribution in [0.15, 0.2) is 59.5 Å². The first-order chi connectivity index (χ1) is 12.9. The highest BCUT2D eigenvalue weighted by Crippen LogP contribution is 2.17. The van der Waals surface area contributed by atoms with Gasteiger partial charge in [0.1, 0.15) is 12.4 Å². The summed E-state index contributed by atoms with van der Waals surface area (Å²) in [7, 11) is -2.57. The number of nitrogens with one attached hydrogen (secondary N) is 1. The van der Waals surface area contributed by atoms with Crippen LogP contribution in [0.1, 0.15) is 5.56 Å². The maximum atomic E-state index is 12.2. The van der Waals surface area contributed by atoms with Crippen LogP contribution in [0.2, 0.25) is 0 Å². The molecule has 9 heteroatoms. The lowest BCUT2D eigenvalue weighted by Crippen LogP contribution is -2.41. The molecule has 1 atom stereocenters. The van der Waals surface area contributed by atoms with Crippen LogP contribution < -0.4 is 10.1 Å². The molecule has 8 nitrogen and oxygen atoms in total. The molecule has 0 aliphatic carbocycles. The summed E-state index contributed by atoms with van der Waals surface area (Å²) in [6, 6.07) is 13.7. The minimum atomic E-state index is -4.04. The van der Waals surface area contributed by atoms with Crippen LogP contribution in [0.3, 0.4) is 0 Å². The molecule has 0 spiro atoms. The maximum absolute atomic E-state index is 12.2. The van der Waals surface area contributed by atoms with Gasteiger partial charge in [0.05, 0.1) is 31.3 Å². The zero-order valence-electron chi connectivity index (χ0n) is 14.7. The first-order valence-electron chi connectivity index (χ1n) is 8.06. The Morgan fingerprint density at radius 2 is 1.78 bits per heavy atom. The highest BCUT2D eigenvalue weighted by atomic mass is 32.2. The first kappa shape index (κ1) is 20.7. The van der Waals surface area contributed by atoms with Gasteiger partial charge in [-0.15, -0.1) is 0 Å². The Labute approximate surface area is 157 Å². The van der Waals surface area contributed by atoms with Crippen LogP contribution in [0.5, 0.6) is 5.75 Å². The SMILES string of the molecule is COc1ccc(S(=O)(=O)OC[C@@H](CO)NC(=O)OCc2ccccc2)cc1. The third kappa shape index (κ3) is 6.55. The predicted octanol–water partition coefficient (Wildman–Crippen LogP) is 1.69. The van der Waals surface area contributed by atoms with Crippen LogP contribution >= 0.6 is 0 Å². The Balaban J connectivity index is 1.85. The van der Waals surface area contributed by atoms with Crippen LogP contribution in [-0.4, -0.2) is 46.0 Å². The van der Waals surface area contributed by atoms with E-state index in [0.29, 0.717) is 5.75 Å². The molecule has 27 heavy (non-hydrogen) atoms. The van der Waals surface area contributed by atoms with Gasteiger partial charge in [-0.05, 0) is 29.8 Å². The molecule has 0 saturated heterocycles. The number of ether oxygens (including phenoxy) is 2. The molecule has 0 bridgehead atoms. The van der Waals surface area contributed by atoms with Crippen molar-refractivity contribution in [1.82, 2.24) is 5.32 Å². The molecule has 2 aromatic rings. The number of rotatable bonds is 9. The zero-order chi connectivity index (χ0) is 19.7. The Kier molecular flexibility index (Phi) is 7.59. The summed E-state index contributed by atoms with van der Waals surface area (Å²) in [4.78, 5) is 11.7. The molecule has 0 saturated carbocycles. The summed E-state index contributed by atoms with van der Waals surface area (Å²) in [5.74, 6) is 0.505. The second-order valence-corrected chi connectivity index (χ2v) is 7.12. The minimum Gasteiger partial charge on any atom is -0.497 e. The summed E-state index contributed by atoms with van der Waals surface area (Å²) in [6.45, 7) is -0.903. The number of carbonyl (C=O) groups excluding carboxylic acids is 1. The van der Waals surface area contributed by atoms with E-state index in [1.54, 1.807) is 12.1 Å². The molecule has 0 heterocycles. The Bertz CT molecular complexity index is 823. The summed E-state index contributed by atoms with van der Waals surface area (Å²) >= 11 is 0. The van der Waals surface area contributed by atoms with Crippen molar-refractivity contribution in [2.45, 2.75) is 17.5 Å². The number of amides is 1. The number of aliphatic hydroxyl groups is 1. The average Bonchev–Trinajstić information content (AvgIpc) is 2.70. The van der Waals surface area contributed by atoms with E-state index in [2.05, 4.69) is 5.32 Å². The fourth-order valence-electron chi connectivity index (χ4n) is 2.05. The maximum Gasteiger partial charge on any atom is 0.407 e. The molecule has 0 aliphatic rings.